The van der Waals surface area contributed by atoms with Crippen molar-refractivity contribution in [2.45, 2.75) is 23.6 Å². The molecule has 0 radical (unpaired) electrons. The number of carbonyl (C=O) groups excluding carboxylic acids is 1. The van der Waals surface area contributed by atoms with Crippen molar-refractivity contribution in [2.24, 2.45) is 0 Å². The van der Waals surface area contributed by atoms with Crippen LogP contribution in [0.3, 0.4) is 0 Å². The summed E-state index contributed by atoms with van der Waals surface area (Å²) in [6, 6.07) is 3.00. The number of rotatable bonds is 4. The lowest BCUT2D eigenvalue weighted by Crippen LogP contribution is -2.52. The topological polar surface area (TPSA) is 95.5 Å². The van der Waals surface area contributed by atoms with E-state index in [0.717, 1.165) is 18.2 Å². The van der Waals surface area contributed by atoms with Crippen LogP contribution < -0.4 is 10.0 Å². The molecule has 124 valence electrons. The SMILES string of the molecule is CNS(=O)(=O)c1ccc(NC(=O)[C@@](C)(O)C(F)(F)F)c(Cl)c1. The number of benzene rings is 1. The van der Waals surface area contributed by atoms with Gasteiger partial charge in [-0.15, -0.1) is 0 Å². The molecule has 0 heterocycles. The third kappa shape index (κ3) is 3.69. The van der Waals surface area contributed by atoms with Crippen LogP contribution in [0.1, 0.15) is 6.92 Å². The fraction of sp³-hybridized carbons (Fsp3) is 0.364. The van der Waals surface area contributed by atoms with Crippen LogP contribution in [-0.2, 0) is 14.8 Å². The number of anilines is 1. The standard InChI is InChI=1S/C11H12ClF3N2O4S/c1-10(19,11(13,14)15)9(18)17-8-4-3-6(5-7(8)12)22(20,21)16-2/h3-5,16,19H,1-2H3,(H,17,18)/t10-/m1/s1. The smallest absolute Gasteiger partial charge is 0.373 e. The fourth-order valence-corrected chi connectivity index (χ4v) is 2.30. The lowest BCUT2D eigenvalue weighted by molar-refractivity contribution is -0.242. The summed E-state index contributed by atoms with van der Waals surface area (Å²) in [7, 11) is -2.63. The molecule has 1 rings (SSSR count). The van der Waals surface area contributed by atoms with Crippen LogP contribution in [0.4, 0.5) is 18.9 Å². The zero-order valence-corrected chi connectivity index (χ0v) is 12.9. The van der Waals surface area contributed by atoms with Gasteiger partial charge >= 0.3 is 6.18 Å². The lowest BCUT2D eigenvalue weighted by atomic mass is 10.1. The first-order chi connectivity index (χ1) is 9.83. The number of nitrogens with one attached hydrogen (secondary N) is 2. The summed E-state index contributed by atoms with van der Waals surface area (Å²) in [5, 5.41) is 10.7. The van der Waals surface area contributed by atoms with E-state index in [4.69, 9.17) is 11.6 Å². The second-order valence-electron chi connectivity index (χ2n) is 4.37. The predicted molar refractivity (Wildman–Crippen MR) is 73.0 cm³/mol. The first kappa shape index (κ1) is 18.7. The summed E-state index contributed by atoms with van der Waals surface area (Å²) in [4.78, 5) is 11.3. The van der Waals surface area contributed by atoms with Crippen molar-refractivity contribution in [3.8, 4) is 0 Å². The van der Waals surface area contributed by atoms with Crippen LogP contribution in [0.15, 0.2) is 23.1 Å². The quantitative estimate of drug-likeness (QED) is 0.758. The molecule has 0 spiro atoms. The molecule has 0 bridgehead atoms. The highest BCUT2D eigenvalue weighted by molar-refractivity contribution is 7.89. The molecule has 3 N–H and O–H groups in total. The third-order valence-electron chi connectivity index (χ3n) is 2.76. The number of aliphatic hydroxyl groups is 1. The minimum absolute atomic E-state index is 0.236. The van der Waals surface area contributed by atoms with E-state index in [2.05, 4.69) is 0 Å². The molecule has 1 atom stereocenters. The third-order valence-corrected chi connectivity index (χ3v) is 4.49. The Balaban J connectivity index is 3.09. The summed E-state index contributed by atoms with van der Waals surface area (Å²) >= 11 is 5.73. The zero-order valence-electron chi connectivity index (χ0n) is 11.3. The molecule has 0 fully saturated rings. The molecule has 1 amide bonds. The Labute approximate surface area is 129 Å². The lowest BCUT2D eigenvalue weighted by Gasteiger charge is -2.25. The fourth-order valence-electron chi connectivity index (χ4n) is 1.25. The van der Waals surface area contributed by atoms with Gasteiger partial charge in [-0.3, -0.25) is 4.79 Å². The molecule has 0 aromatic heterocycles. The molecule has 6 nitrogen and oxygen atoms in total. The Hall–Kier alpha value is -1.36. The van der Waals surface area contributed by atoms with E-state index in [9.17, 15) is 31.5 Å². The largest absolute Gasteiger partial charge is 0.426 e. The van der Waals surface area contributed by atoms with Gasteiger partial charge in [0.1, 0.15) is 0 Å². The van der Waals surface area contributed by atoms with Crippen molar-refractivity contribution in [1.82, 2.24) is 4.72 Å². The van der Waals surface area contributed by atoms with Crippen molar-refractivity contribution >= 4 is 33.2 Å². The van der Waals surface area contributed by atoms with Crippen LogP contribution in [0.5, 0.6) is 0 Å². The molecule has 0 saturated carbocycles. The highest BCUT2D eigenvalue weighted by Gasteiger charge is 2.55. The predicted octanol–water partition coefficient (Wildman–Crippen LogP) is 1.50. The Morgan fingerprint density at radius 3 is 2.27 bits per heavy atom. The van der Waals surface area contributed by atoms with Gasteiger partial charge in [-0.25, -0.2) is 13.1 Å². The number of alkyl halides is 3. The molecular weight excluding hydrogens is 349 g/mol. The van der Waals surface area contributed by atoms with E-state index in [1.54, 1.807) is 5.32 Å². The van der Waals surface area contributed by atoms with E-state index in [0.29, 0.717) is 0 Å². The number of hydrogen-bond donors (Lipinski definition) is 3. The summed E-state index contributed by atoms with van der Waals surface area (Å²) in [5.41, 5.74) is -3.89. The van der Waals surface area contributed by atoms with Gasteiger partial charge in [0.2, 0.25) is 15.6 Å². The number of amides is 1. The summed E-state index contributed by atoms with van der Waals surface area (Å²) in [5.74, 6) is -1.74. The van der Waals surface area contributed by atoms with E-state index in [1.165, 1.54) is 7.05 Å². The molecule has 1 aromatic carbocycles. The normalized spacial score (nSPS) is 15.2. The molecule has 11 heteroatoms. The molecule has 1 aromatic rings. The van der Waals surface area contributed by atoms with E-state index in [-0.39, 0.29) is 22.5 Å². The van der Waals surface area contributed by atoms with Crippen LogP contribution >= 0.6 is 11.6 Å². The summed E-state index contributed by atoms with van der Waals surface area (Å²) < 4.78 is 62.7. The first-order valence-corrected chi connectivity index (χ1v) is 7.52. The maximum absolute atomic E-state index is 12.5. The molecule has 0 aliphatic heterocycles. The summed E-state index contributed by atoms with van der Waals surface area (Å²) in [6.45, 7) is 0.288. The first-order valence-electron chi connectivity index (χ1n) is 5.66. The molecular formula is C11H12ClF3N2O4S. The monoisotopic (exact) mass is 360 g/mol. The maximum Gasteiger partial charge on any atom is 0.426 e. The van der Waals surface area contributed by atoms with Crippen molar-refractivity contribution in [3.05, 3.63) is 23.2 Å². The second-order valence-corrected chi connectivity index (χ2v) is 6.67. The van der Waals surface area contributed by atoms with Gasteiger partial charge in [-0.1, -0.05) is 11.6 Å². The van der Waals surface area contributed by atoms with Gasteiger partial charge < -0.3 is 10.4 Å². The van der Waals surface area contributed by atoms with Crippen molar-refractivity contribution in [3.63, 3.8) is 0 Å². The van der Waals surface area contributed by atoms with Gasteiger partial charge in [0.05, 0.1) is 15.6 Å². The number of carbonyl (C=O) groups is 1. The van der Waals surface area contributed by atoms with Crippen LogP contribution in [0.2, 0.25) is 5.02 Å². The minimum Gasteiger partial charge on any atom is -0.373 e. The zero-order chi connectivity index (χ0) is 17.3. The molecule has 0 aliphatic rings. The number of halogens is 4. The van der Waals surface area contributed by atoms with Crippen molar-refractivity contribution in [2.75, 3.05) is 12.4 Å². The Morgan fingerprint density at radius 1 is 1.32 bits per heavy atom. The van der Waals surface area contributed by atoms with Crippen molar-refractivity contribution in [1.29, 1.82) is 0 Å². The maximum atomic E-state index is 12.5. The van der Waals surface area contributed by atoms with E-state index in [1.807, 2.05) is 4.72 Å². The van der Waals surface area contributed by atoms with Crippen LogP contribution in [0, 0.1) is 0 Å². The number of sulfonamides is 1. The van der Waals surface area contributed by atoms with Gasteiger partial charge in [-0.05, 0) is 32.2 Å². The Morgan fingerprint density at radius 2 is 1.86 bits per heavy atom. The highest BCUT2D eigenvalue weighted by Crippen LogP contribution is 2.32. The highest BCUT2D eigenvalue weighted by atomic mass is 35.5. The average molecular weight is 361 g/mol. The van der Waals surface area contributed by atoms with Gasteiger partial charge in [0.15, 0.2) is 0 Å². The van der Waals surface area contributed by atoms with Crippen LogP contribution in [0.25, 0.3) is 0 Å². The molecule has 0 saturated heterocycles. The van der Waals surface area contributed by atoms with Crippen molar-refractivity contribution < 1.29 is 31.5 Å². The summed E-state index contributed by atoms with van der Waals surface area (Å²) in [6.07, 6.45) is -5.18. The van der Waals surface area contributed by atoms with Gasteiger partial charge in [-0.2, -0.15) is 13.2 Å². The Kier molecular flexibility index (Phi) is 5.12. The Bertz CT molecular complexity index is 689. The second kappa shape index (κ2) is 6.03. The van der Waals surface area contributed by atoms with E-state index >= 15 is 0 Å². The average Bonchev–Trinajstić information content (AvgIpc) is 2.39. The molecule has 0 aliphatic carbocycles. The minimum atomic E-state index is -5.18. The number of hydrogen-bond acceptors (Lipinski definition) is 4. The van der Waals surface area contributed by atoms with Gasteiger partial charge in [0, 0.05) is 0 Å². The molecule has 22 heavy (non-hydrogen) atoms. The van der Waals surface area contributed by atoms with E-state index < -0.39 is 27.7 Å². The molecule has 0 unspecified atom stereocenters. The van der Waals surface area contributed by atoms with Gasteiger partial charge in [0.25, 0.3) is 5.91 Å². The van der Waals surface area contributed by atoms with Crippen LogP contribution in [-0.4, -0.2) is 38.3 Å².